The third-order valence-electron chi connectivity index (χ3n) is 3.85. The van der Waals surface area contributed by atoms with Gasteiger partial charge < -0.3 is 5.32 Å². The number of aryl methyl sites for hydroxylation is 1. The highest BCUT2D eigenvalue weighted by Crippen LogP contribution is 2.32. The Kier molecular flexibility index (Phi) is 5.62. The Morgan fingerprint density at radius 3 is 2.70 bits per heavy atom. The van der Waals surface area contributed by atoms with E-state index in [0.29, 0.717) is 0 Å². The Morgan fingerprint density at radius 2 is 2.00 bits per heavy atom. The number of carbonyl (C=O) groups excluding carboxylic acids is 3. The molecule has 0 unspecified atom stereocenters. The van der Waals surface area contributed by atoms with Crippen LogP contribution in [0.25, 0.3) is 6.08 Å². The van der Waals surface area contributed by atoms with Crippen LogP contribution in [0.15, 0.2) is 47.4 Å². The molecule has 1 aliphatic heterocycles. The van der Waals surface area contributed by atoms with Gasteiger partial charge in [0.25, 0.3) is 11.1 Å². The lowest BCUT2D eigenvalue weighted by molar-refractivity contribution is -0.127. The molecule has 0 radical (unpaired) electrons. The molecule has 1 saturated heterocycles. The van der Waals surface area contributed by atoms with E-state index in [9.17, 15) is 18.8 Å². The molecule has 1 heterocycles. The second-order valence-corrected chi connectivity index (χ2v) is 7.20. The largest absolute Gasteiger partial charge is 0.324 e. The van der Waals surface area contributed by atoms with Crippen molar-refractivity contribution in [2.24, 2.45) is 0 Å². The molecule has 3 amide bonds. The summed E-state index contributed by atoms with van der Waals surface area (Å²) in [5.74, 6) is -1.72. The topological polar surface area (TPSA) is 66.5 Å². The van der Waals surface area contributed by atoms with E-state index in [-0.39, 0.29) is 15.6 Å². The van der Waals surface area contributed by atoms with Gasteiger partial charge in [0.15, 0.2) is 0 Å². The molecular weight excluding hydrogens is 391 g/mol. The molecule has 3 rings (SSSR count). The van der Waals surface area contributed by atoms with E-state index in [0.717, 1.165) is 33.9 Å². The highest BCUT2D eigenvalue weighted by Gasteiger charge is 2.36. The highest BCUT2D eigenvalue weighted by molar-refractivity contribution is 8.18. The third kappa shape index (κ3) is 4.37. The number of benzene rings is 2. The molecule has 2 aromatic carbocycles. The Morgan fingerprint density at radius 1 is 1.26 bits per heavy atom. The maximum atomic E-state index is 13.2. The average molecular weight is 405 g/mol. The van der Waals surface area contributed by atoms with Gasteiger partial charge in [-0.2, -0.15) is 0 Å². The Labute approximate surface area is 164 Å². The highest BCUT2D eigenvalue weighted by atomic mass is 35.5. The first-order valence-corrected chi connectivity index (χ1v) is 9.10. The number of thioether (sulfide) groups is 1. The van der Waals surface area contributed by atoms with Gasteiger partial charge in [-0.3, -0.25) is 19.3 Å². The number of imide groups is 1. The van der Waals surface area contributed by atoms with Crippen LogP contribution in [0.2, 0.25) is 5.02 Å². The number of rotatable bonds is 4. The molecule has 0 spiro atoms. The van der Waals surface area contributed by atoms with Crippen molar-refractivity contribution >= 4 is 52.2 Å². The van der Waals surface area contributed by atoms with E-state index in [1.54, 1.807) is 6.08 Å². The Bertz CT molecular complexity index is 977. The van der Waals surface area contributed by atoms with Gasteiger partial charge in [0.1, 0.15) is 12.4 Å². The van der Waals surface area contributed by atoms with Gasteiger partial charge in [0, 0.05) is 5.69 Å². The fraction of sp³-hybridized carbons (Fsp3) is 0.105. The van der Waals surface area contributed by atoms with Crippen molar-refractivity contribution in [1.29, 1.82) is 0 Å². The van der Waals surface area contributed by atoms with Crippen LogP contribution in [0.4, 0.5) is 14.9 Å². The van der Waals surface area contributed by atoms with Crippen LogP contribution in [-0.2, 0) is 9.59 Å². The molecule has 1 fully saturated rings. The number of halogens is 2. The molecule has 138 valence electrons. The molecule has 1 N–H and O–H groups in total. The number of hydrogen-bond donors (Lipinski definition) is 1. The molecule has 8 heteroatoms. The Balaban J connectivity index is 1.71. The number of nitrogens with one attached hydrogen (secondary N) is 1. The molecule has 0 atom stereocenters. The number of carbonyl (C=O) groups is 3. The first-order valence-electron chi connectivity index (χ1n) is 7.91. The summed E-state index contributed by atoms with van der Waals surface area (Å²) in [6.45, 7) is 1.46. The van der Waals surface area contributed by atoms with E-state index < -0.39 is 29.4 Å². The van der Waals surface area contributed by atoms with Crippen LogP contribution in [0, 0.1) is 12.7 Å². The second kappa shape index (κ2) is 7.94. The molecule has 0 aromatic heterocycles. The minimum Gasteiger partial charge on any atom is -0.324 e. The normalized spacial score (nSPS) is 15.5. The zero-order chi connectivity index (χ0) is 19.6. The molecule has 2 aromatic rings. The van der Waals surface area contributed by atoms with Gasteiger partial charge in [-0.05, 0) is 54.1 Å². The van der Waals surface area contributed by atoms with Crippen LogP contribution in [0.1, 0.15) is 11.1 Å². The lowest BCUT2D eigenvalue weighted by Gasteiger charge is -2.12. The van der Waals surface area contributed by atoms with Crippen LogP contribution in [0.5, 0.6) is 0 Å². The summed E-state index contributed by atoms with van der Waals surface area (Å²) in [6, 6.07) is 11.2. The van der Waals surface area contributed by atoms with E-state index in [1.165, 1.54) is 12.1 Å². The molecule has 27 heavy (non-hydrogen) atoms. The summed E-state index contributed by atoms with van der Waals surface area (Å²) in [4.78, 5) is 37.9. The minimum atomic E-state index is -0.609. The summed E-state index contributed by atoms with van der Waals surface area (Å²) in [6.07, 6.45) is 1.64. The van der Waals surface area contributed by atoms with Gasteiger partial charge in [-0.1, -0.05) is 35.9 Å². The summed E-state index contributed by atoms with van der Waals surface area (Å²) in [7, 11) is 0. The molecule has 5 nitrogen and oxygen atoms in total. The molecule has 1 aliphatic rings. The summed E-state index contributed by atoms with van der Waals surface area (Å²) >= 11 is 6.45. The van der Waals surface area contributed by atoms with Gasteiger partial charge in [-0.25, -0.2) is 4.39 Å². The number of amides is 3. The third-order valence-corrected chi connectivity index (χ3v) is 5.05. The van der Waals surface area contributed by atoms with Crippen LogP contribution >= 0.6 is 23.4 Å². The van der Waals surface area contributed by atoms with Crippen molar-refractivity contribution in [3.63, 3.8) is 0 Å². The average Bonchev–Trinajstić information content (AvgIpc) is 2.88. The lowest BCUT2D eigenvalue weighted by atomic mass is 10.1. The van der Waals surface area contributed by atoms with Crippen LogP contribution < -0.4 is 5.32 Å². The van der Waals surface area contributed by atoms with E-state index in [2.05, 4.69) is 5.32 Å². The van der Waals surface area contributed by atoms with E-state index >= 15 is 0 Å². The van der Waals surface area contributed by atoms with Crippen molar-refractivity contribution in [2.75, 3.05) is 11.9 Å². The van der Waals surface area contributed by atoms with E-state index in [1.807, 2.05) is 31.2 Å². The fourth-order valence-corrected chi connectivity index (χ4v) is 3.45. The van der Waals surface area contributed by atoms with Gasteiger partial charge in [0.05, 0.1) is 9.93 Å². The minimum absolute atomic E-state index is 0.139. The molecule has 0 aliphatic carbocycles. The summed E-state index contributed by atoms with van der Waals surface area (Å²) in [5.41, 5.74) is 2.07. The van der Waals surface area contributed by atoms with Crippen molar-refractivity contribution < 1.29 is 18.8 Å². The predicted octanol–water partition coefficient (Wildman–Crippen LogP) is 4.46. The summed E-state index contributed by atoms with van der Waals surface area (Å²) in [5, 5.41) is 1.83. The first kappa shape index (κ1) is 19.1. The maximum absolute atomic E-state index is 13.2. The quantitative estimate of drug-likeness (QED) is 0.764. The van der Waals surface area contributed by atoms with E-state index in [4.69, 9.17) is 11.6 Å². The zero-order valence-electron chi connectivity index (χ0n) is 14.2. The lowest BCUT2D eigenvalue weighted by Crippen LogP contribution is -2.36. The summed E-state index contributed by atoms with van der Waals surface area (Å²) < 4.78 is 13.2. The monoisotopic (exact) mass is 404 g/mol. The number of anilines is 1. The van der Waals surface area contributed by atoms with Crippen molar-refractivity contribution in [2.45, 2.75) is 6.92 Å². The maximum Gasteiger partial charge on any atom is 0.294 e. The first-order chi connectivity index (χ1) is 12.8. The van der Waals surface area contributed by atoms with Crippen molar-refractivity contribution in [3.05, 3.63) is 69.3 Å². The van der Waals surface area contributed by atoms with Gasteiger partial charge >= 0.3 is 0 Å². The molecule has 0 saturated carbocycles. The van der Waals surface area contributed by atoms with Crippen LogP contribution in [-0.4, -0.2) is 28.5 Å². The van der Waals surface area contributed by atoms with Gasteiger partial charge in [-0.15, -0.1) is 0 Å². The number of hydrogen-bond acceptors (Lipinski definition) is 4. The van der Waals surface area contributed by atoms with Crippen LogP contribution in [0.3, 0.4) is 0 Å². The zero-order valence-corrected chi connectivity index (χ0v) is 15.7. The van der Waals surface area contributed by atoms with Crippen molar-refractivity contribution in [1.82, 2.24) is 4.90 Å². The molecule has 0 bridgehead atoms. The Hall–Kier alpha value is -2.64. The number of nitrogens with zero attached hydrogens (tertiary/aromatic N) is 1. The molecular formula is C19H14ClFN2O3S. The van der Waals surface area contributed by atoms with Gasteiger partial charge in [0.2, 0.25) is 5.91 Å². The van der Waals surface area contributed by atoms with Crippen molar-refractivity contribution in [3.8, 4) is 0 Å². The smallest absolute Gasteiger partial charge is 0.294 e. The SMILES string of the molecule is Cc1ccccc1/C=C1/SC(=O)N(CC(=O)Nc2ccc(F)c(Cl)c2)C1=O. The standard InChI is InChI=1S/C19H14ClFN2O3S/c1-11-4-2-3-5-12(11)8-16-18(25)23(19(26)27-16)10-17(24)22-13-6-7-15(21)14(20)9-13/h2-9H,10H2,1H3,(H,22,24)/b16-8+. The predicted molar refractivity (Wildman–Crippen MR) is 104 cm³/mol. The fourth-order valence-electron chi connectivity index (χ4n) is 2.44. The second-order valence-electron chi connectivity index (χ2n) is 5.80.